The van der Waals surface area contributed by atoms with E-state index in [1.54, 1.807) is 24.3 Å². The van der Waals surface area contributed by atoms with Crippen LogP contribution in [-0.4, -0.2) is 12.3 Å². The van der Waals surface area contributed by atoms with Gasteiger partial charge in [0.05, 0.1) is 18.2 Å². The predicted octanol–water partition coefficient (Wildman–Crippen LogP) is 1.12. The summed E-state index contributed by atoms with van der Waals surface area (Å²) in [5, 5.41) is 8.46. The molecule has 3 nitrogen and oxygen atoms in total. The fourth-order valence-electron chi connectivity index (χ4n) is 0.849. The maximum Gasteiger partial charge on any atom is 0.176 e. The first-order chi connectivity index (χ1) is 5.77. The van der Waals surface area contributed by atoms with Crippen LogP contribution in [0.2, 0.25) is 0 Å². The van der Waals surface area contributed by atoms with Crippen molar-refractivity contribution in [2.75, 3.05) is 6.54 Å². The van der Waals surface area contributed by atoms with Gasteiger partial charge in [-0.1, -0.05) is 12.1 Å². The van der Waals surface area contributed by atoms with Gasteiger partial charge in [0.15, 0.2) is 5.78 Å². The number of nitrogens with two attached hydrogens (primary N) is 1. The highest BCUT2D eigenvalue weighted by Crippen LogP contribution is 2.03. The Labute approximate surface area is 82.6 Å². The summed E-state index contributed by atoms with van der Waals surface area (Å²) in [5.41, 5.74) is 6.26. The lowest BCUT2D eigenvalue weighted by Crippen LogP contribution is -2.13. The predicted molar refractivity (Wildman–Crippen MR) is 51.8 cm³/mol. The molecule has 0 atom stereocenters. The van der Waals surface area contributed by atoms with Crippen LogP contribution in [0, 0.1) is 11.3 Å². The molecule has 1 rings (SSSR count). The SMILES string of the molecule is Cl.N#Cc1ccc(C(=O)CN)cc1. The maximum absolute atomic E-state index is 11.0. The number of benzene rings is 1. The second-order valence-electron chi connectivity index (χ2n) is 2.32. The molecule has 0 saturated heterocycles. The number of carbonyl (C=O) groups excluding carboxylic acids is 1. The van der Waals surface area contributed by atoms with E-state index in [4.69, 9.17) is 11.0 Å². The molecule has 1 aromatic rings. The minimum absolute atomic E-state index is 0. The second kappa shape index (κ2) is 5.31. The molecule has 0 aliphatic heterocycles. The number of nitriles is 1. The Morgan fingerprint density at radius 1 is 1.38 bits per heavy atom. The highest BCUT2D eigenvalue weighted by atomic mass is 35.5. The summed E-state index contributed by atoms with van der Waals surface area (Å²) in [5.74, 6) is -0.112. The van der Waals surface area contributed by atoms with Crippen LogP contribution in [0.1, 0.15) is 15.9 Å². The third-order valence-electron chi connectivity index (χ3n) is 1.52. The van der Waals surface area contributed by atoms with Crippen molar-refractivity contribution in [3.8, 4) is 6.07 Å². The molecule has 4 heteroatoms. The number of Topliss-reactive ketones (excluding diaryl/α,β-unsaturated/α-hetero) is 1. The lowest BCUT2D eigenvalue weighted by Gasteiger charge is -1.95. The van der Waals surface area contributed by atoms with E-state index >= 15 is 0 Å². The monoisotopic (exact) mass is 196 g/mol. The highest BCUT2D eigenvalue weighted by molar-refractivity contribution is 5.97. The number of ketones is 1. The number of carbonyl (C=O) groups is 1. The quantitative estimate of drug-likeness (QED) is 0.721. The van der Waals surface area contributed by atoms with Crippen molar-refractivity contribution >= 4 is 18.2 Å². The van der Waals surface area contributed by atoms with Crippen molar-refractivity contribution in [2.24, 2.45) is 5.73 Å². The Morgan fingerprint density at radius 3 is 2.31 bits per heavy atom. The molecule has 0 amide bonds. The molecule has 0 aromatic heterocycles. The molecule has 0 aliphatic carbocycles. The van der Waals surface area contributed by atoms with E-state index in [0.29, 0.717) is 11.1 Å². The summed E-state index contributed by atoms with van der Waals surface area (Å²) in [6.07, 6.45) is 0. The Kier molecular flexibility index (Phi) is 4.75. The van der Waals surface area contributed by atoms with Gasteiger partial charge in [-0.2, -0.15) is 5.26 Å². The van der Waals surface area contributed by atoms with Gasteiger partial charge in [-0.25, -0.2) is 0 Å². The van der Waals surface area contributed by atoms with Gasteiger partial charge in [0.2, 0.25) is 0 Å². The molecule has 0 heterocycles. The normalized spacial score (nSPS) is 8.31. The number of nitrogens with zero attached hydrogens (tertiary/aromatic N) is 1. The lowest BCUT2D eigenvalue weighted by molar-refractivity contribution is 0.100. The molecule has 0 fully saturated rings. The van der Waals surface area contributed by atoms with Crippen LogP contribution < -0.4 is 5.73 Å². The molecule has 0 aliphatic rings. The summed E-state index contributed by atoms with van der Waals surface area (Å²) in [6.45, 7) is 0.00585. The minimum atomic E-state index is -0.112. The third kappa shape index (κ3) is 2.86. The van der Waals surface area contributed by atoms with Crippen LogP contribution in [0.5, 0.6) is 0 Å². The molecule has 2 N–H and O–H groups in total. The van der Waals surface area contributed by atoms with E-state index < -0.39 is 0 Å². The maximum atomic E-state index is 11.0. The van der Waals surface area contributed by atoms with Crippen molar-refractivity contribution in [1.29, 1.82) is 5.26 Å². The Bertz CT molecular complexity index is 326. The molecule has 0 spiro atoms. The van der Waals surface area contributed by atoms with E-state index in [1.807, 2.05) is 6.07 Å². The van der Waals surface area contributed by atoms with E-state index in [1.165, 1.54) is 0 Å². The van der Waals surface area contributed by atoms with E-state index in [-0.39, 0.29) is 24.7 Å². The van der Waals surface area contributed by atoms with Gasteiger partial charge in [-0.3, -0.25) is 4.79 Å². The van der Waals surface area contributed by atoms with Crippen LogP contribution in [-0.2, 0) is 0 Å². The first kappa shape index (κ1) is 11.6. The summed E-state index contributed by atoms with van der Waals surface area (Å²) < 4.78 is 0. The van der Waals surface area contributed by atoms with Crippen LogP contribution in [0.3, 0.4) is 0 Å². The number of hydrogen-bond acceptors (Lipinski definition) is 3. The molecule has 0 saturated carbocycles. The van der Waals surface area contributed by atoms with Crippen LogP contribution >= 0.6 is 12.4 Å². The molecule has 0 radical (unpaired) electrons. The van der Waals surface area contributed by atoms with Gasteiger partial charge in [-0.15, -0.1) is 12.4 Å². The molecule has 13 heavy (non-hydrogen) atoms. The zero-order valence-electron chi connectivity index (χ0n) is 6.86. The summed E-state index contributed by atoms with van der Waals surface area (Å²) in [6, 6.07) is 8.38. The van der Waals surface area contributed by atoms with Gasteiger partial charge in [0, 0.05) is 5.56 Å². The van der Waals surface area contributed by atoms with Gasteiger partial charge >= 0.3 is 0 Å². The van der Waals surface area contributed by atoms with Crippen LogP contribution in [0.25, 0.3) is 0 Å². The molecular weight excluding hydrogens is 188 g/mol. The number of halogens is 1. The van der Waals surface area contributed by atoms with Crippen molar-refractivity contribution in [1.82, 2.24) is 0 Å². The molecule has 68 valence electrons. The fourth-order valence-corrected chi connectivity index (χ4v) is 0.849. The Morgan fingerprint density at radius 2 is 1.92 bits per heavy atom. The molecule has 0 unspecified atom stereocenters. The number of hydrogen-bond donors (Lipinski definition) is 1. The van der Waals surface area contributed by atoms with Crippen molar-refractivity contribution in [3.63, 3.8) is 0 Å². The smallest absolute Gasteiger partial charge is 0.176 e. The second-order valence-corrected chi connectivity index (χ2v) is 2.32. The standard InChI is InChI=1S/C9H8N2O.ClH/c10-5-7-1-3-8(4-2-7)9(12)6-11;/h1-4H,6,11H2;1H. The van der Waals surface area contributed by atoms with Gasteiger partial charge < -0.3 is 5.73 Å². The summed E-state index contributed by atoms with van der Waals surface area (Å²) in [4.78, 5) is 11.0. The average molecular weight is 197 g/mol. The molecule has 1 aromatic carbocycles. The zero-order valence-corrected chi connectivity index (χ0v) is 7.67. The summed E-state index contributed by atoms with van der Waals surface area (Å²) >= 11 is 0. The van der Waals surface area contributed by atoms with Gasteiger partial charge in [0.1, 0.15) is 0 Å². The Hall–Kier alpha value is -1.37. The molecular formula is C9H9ClN2O. The fraction of sp³-hybridized carbons (Fsp3) is 0.111. The van der Waals surface area contributed by atoms with E-state index in [0.717, 1.165) is 0 Å². The van der Waals surface area contributed by atoms with Gasteiger partial charge in [0.25, 0.3) is 0 Å². The molecule has 0 bridgehead atoms. The van der Waals surface area contributed by atoms with E-state index in [2.05, 4.69) is 0 Å². The number of rotatable bonds is 2. The van der Waals surface area contributed by atoms with E-state index in [9.17, 15) is 4.79 Å². The first-order valence-electron chi connectivity index (χ1n) is 3.51. The lowest BCUT2D eigenvalue weighted by atomic mass is 10.1. The van der Waals surface area contributed by atoms with Crippen molar-refractivity contribution in [3.05, 3.63) is 35.4 Å². The van der Waals surface area contributed by atoms with Gasteiger partial charge in [-0.05, 0) is 12.1 Å². The zero-order chi connectivity index (χ0) is 8.97. The third-order valence-corrected chi connectivity index (χ3v) is 1.52. The van der Waals surface area contributed by atoms with Crippen LogP contribution in [0.4, 0.5) is 0 Å². The van der Waals surface area contributed by atoms with Crippen molar-refractivity contribution < 1.29 is 4.79 Å². The largest absolute Gasteiger partial charge is 0.324 e. The minimum Gasteiger partial charge on any atom is -0.324 e. The average Bonchev–Trinajstić information content (AvgIpc) is 2.17. The topological polar surface area (TPSA) is 66.9 Å². The van der Waals surface area contributed by atoms with Crippen molar-refractivity contribution in [2.45, 2.75) is 0 Å². The Balaban J connectivity index is 0.00000144. The summed E-state index contributed by atoms with van der Waals surface area (Å²) in [7, 11) is 0. The van der Waals surface area contributed by atoms with Crippen LogP contribution in [0.15, 0.2) is 24.3 Å². The first-order valence-corrected chi connectivity index (χ1v) is 3.51. The highest BCUT2D eigenvalue weighted by Gasteiger charge is 2.01.